The van der Waals surface area contributed by atoms with Crippen LogP contribution in [0.3, 0.4) is 0 Å². The molecule has 0 radical (unpaired) electrons. The monoisotopic (exact) mass is 477 g/mol. The van der Waals surface area contributed by atoms with Crippen molar-refractivity contribution in [3.8, 4) is 11.6 Å². The van der Waals surface area contributed by atoms with Crippen LogP contribution in [0.1, 0.15) is 60.9 Å². The predicted molar refractivity (Wildman–Crippen MR) is 137 cm³/mol. The molecule has 1 aliphatic carbocycles. The average Bonchev–Trinajstić information content (AvgIpc) is 3.71. The van der Waals surface area contributed by atoms with Crippen molar-refractivity contribution in [1.29, 1.82) is 0 Å². The zero-order chi connectivity index (χ0) is 24.1. The lowest BCUT2D eigenvalue weighted by Gasteiger charge is -2.45. The van der Waals surface area contributed by atoms with E-state index in [-0.39, 0.29) is 11.3 Å². The van der Waals surface area contributed by atoms with Crippen LogP contribution in [0.25, 0.3) is 0 Å². The third-order valence-corrected chi connectivity index (χ3v) is 8.12. The number of pyridine rings is 1. The molecular weight excluding hydrogens is 438 g/mol. The molecule has 0 unspecified atom stereocenters. The van der Waals surface area contributed by atoms with Gasteiger partial charge in [0.25, 0.3) is 5.91 Å². The molecule has 1 aromatic heterocycles. The number of para-hydroxylation sites is 1. The van der Waals surface area contributed by atoms with Crippen LogP contribution in [0.2, 0.25) is 0 Å². The summed E-state index contributed by atoms with van der Waals surface area (Å²) in [5.74, 6) is 2.50. The first kappa shape index (κ1) is 24.1. The Labute approximate surface area is 209 Å². The number of ether oxygens (including phenoxy) is 2. The van der Waals surface area contributed by atoms with Crippen molar-refractivity contribution in [2.75, 3.05) is 46.4 Å². The van der Waals surface area contributed by atoms with E-state index in [0.717, 1.165) is 63.7 Å². The zero-order valence-electron chi connectivity index (χ0n) is 21.1. The number of hydrogen-bond donors (Lipinski definition) is 0. The summed E-state index contributed by atoms with van der Waals surface area (Å²) in [6, 6.07) is 12.1. The number of rotatable bonds is 4. The van der Waals surface area contributed by atoms with Crippen LogP contribution in [0.4, 0.5) is 0 Å². The maximum Gasteiger partial charge on any atom is 0.254 e. The first-order valence-corrected chi connectivity index (χ1v) is 13.4. The van der Waals surface area contributed by atoms with Crippen molar-refractivity contribution < 1.29 is 14.3 Å². The van der Waals surface area contributed by atoms with Gasteiger partial charge in [0.05, 0.1) is 7.11 Å². The van der Waals surface area contributed by atoms with Crippen LogP contribution in [0.15, 0.2) is 42.6 Å². The molecule has 1 saturated heterocycles. The summed E-state index contributed by atoms with van der Waals surface area (Å²) in [7, 11) is 1.59. The molecule has 35 heavy (non-hydrogen) atoms. The van der Waals surface area contributed by atoms with Crippen molar-refractivity contribution >= 4 is 5.91 Å². The van der Waals surface area contributed by atoms with Crippen molar-refractivity contribution in [3.63, 3.8) is 0 Å². The molecular formula is C29H39N3O3. The molecule has 3 aliphatic rings. The van der Waals surface area contributed by atoms with Gasteiger partial charge in [-0.15, -0.1) is 0 Å². The molecule has 188 valence electrons. The average molecular weight is 478 g/mol. The fourth-order valence-electron chi connectivity index (χ4n) is 5.83. The van der Waals surface area contributed by atoms with E-state index in [2.05, 4.69) is 34.1 Å². The number of nitrogens with zero attached hydrogens (tertiary/aromatic N) is 3. The topological polar surface area (TPSA) is 54.9 Å². The number of piperidine rings is 1. The van der Waals surface area contributed by atoms with Crippen molar-refractivity contribution in [2.45, 2.75) is 51.4 Å². The highest BCUT2D eigenvalue weighted by molar-refractivity contribution is 5.94. The molecule has 5 rings (SSSR count). The maximum absolute atomic E-state index is 13.2. The van der Waals surface area contributed by atoms with E-state index in [1.54, 1.807) is 25.4 Å². The van der Waals surface area contributed by atoms with Gasteiger partial charge in [0.2, 0.25) is 5.88 Å². The molecule has 0 N–H and O–H groups in total. The van der Waals surface area contributed by atoms with E-state index in [4.69, 9.17) is 9.47 Å². The van der Waals surface area contributed by atoms with E-state index in [1.807, 2.05) is 4.90 Å². The lowest BCUT2D eigenvalue weighted by atomic mass is 9.73. The van der Waals surface area contributed by atoms with Crippen LogP contribution in [-0.2, 0) is 6.42 Å². The van der Waals surface area contributed by atoms with Gasteiger partial charge < -0.3 is 14.4 Å². The number of carbonyl (C=O) groups excluding carboxylic acids is 1. The van der Waals surface area contributed by atoms with Gasteiger partial charge >= 0.3 is 0 Å². The molecule has 2 fully saturated rings. The van der Waals surface area contributed by atoms with Crippen LogP contribution in [0, 0.1) is 11.3 Å². The largest absolute Gasteiger partial charge is 0.492 e. The Balaban J connectivity index is 1.27. The third kappa shape index (κ3) is 6.16. The first-order chi connectivity index (χ1) is 17.1. The Hall–Kier alpha value is -2.60. The molecule has 6 heteroatoms. The van der Waals surface area contributed by atoms with Crippen molar-refractivity contribution in [1.82, 2.24) is 14.8 Å². The quantitative estimate of drug-likeness (QED) is 0.631. The van der Waals surface area contributed by atoms with Gasteiger partial charge in [-0.1, -0.05) is 24.6 Å². The van der Waals surface area contributed by atoms with Gasteiger partial charge in [0.15, 0.2) is 0 Å². The molecule has 2 aliphatic heterocycles. The molecule has 6 nitrogen and oxygen atoms in total. The number of benzene rings is 1. The Morgan fingerprint density at radius 3 is 2.74 bits per heavy atom. The minimum absolute atomic E-state index is 0.0912. The van der Waals surface area contributed by atoms with E-state index < -0.39 is 0 Å². The first-order valence-electron chi connectivity index (χ1n) is 13.4. The molecule has 0 atom stereocenters. The van der Waals surface area contributed by atoms with Crippen molar-refractivity contribution in [2.24, 2.45) is 11.3 Å². The van der Waals surface area contributed by atoms with E-state index >= 15 is 0 Å². The maximum atomic E-state index is 13.2. The fraction of sp³-hybridized carbons (Fsp3) is 0.586. The highest BCUT2D eigenvalue weighted by Gasteiger charge is 2.38. The van der Waals surface area contributed by atoms with Crippen LogP contribution >= 0.6 is 0 Å². The van der Waals surface area contributed by atoms with Gasteiger partial charge in [0.1, 0.15) is 12.4 Å². The molecule has 1 saturated carbocycles. The number of methoxy groups -OCH3 is 1. The number of aromatic nitrogens is 1. The number of likely N-dealkylation sites (tertiary alicyclic amines) is 1. The van der Waals surface area contributed by atoms with Gasteiger partial charge in [-0.3, -0.25) is 9.69 Å². The Bertz CT molecular complexity index is 998. The zero-order valence-corrected chi connectivity index (χ0v) is 21.1. The SMILES string of the molecule is COc1cc(C(=O)N2CCC3(CCCCc4ccccc4OCCN(CC4CC4)C3)CC2)ccn1. The summed E-state index contributed by atoms with van der Waals surface area (Å²) >= 11 is 0. The minimum Gasteiger partial charge on any atom is -0.492 e. The molecule has 1 amide bonds. The second-order valence-electron chi connectivity index (χ2n) is 10.7. The number of fused-ring (bicyclic) bond motifs is 1. The number of amides is 1. The van der Waals surface area contributed by atoms with Gasteiger partial charge in [-0.05, 0) is 74.0 Å². The Kier molecular flexibility index (Phi) is 7.57. The lowest BCUT2D eigenvalue weighted by molar-refractivity contribution is 0.0368. The van der Waals surface area contributed by atoms with Gasteiger partial charge in [-0.2, -0.15) is 0 Å². The van der Waals surface area contributed by atoms with E-state index in [0.29, 0.717) is 11.4 Å². The molecule has 3 heterocycles. The standard InChI is InChI=1S/C29H39N3O3/c1-34-27-20-25(11-15-30-27)28(33)32-16-13-29(14-17-32)12-5-4-7-24-6-2-3-8-26(24)35-19-18-31(22-29)21-23-9-10-23/h2-3,6,8,11,15,20,23H,4-5,7,9-10,12-14,16-19,21-22H2,1H3. The summed E-state index contributed by atoms with van der Waals surface area (Å²) in [5, 5.41) is 0. The molecule has 0 bridgehead atoms. The normalized spacial score (nSPS) is 21.3. The van der Waals surface area contributed by atoms with Crippen LogP contribution in [-0.4, -0.2) is 67.1 Å². The summed E-state index contributed by atoms with van der Waals surface area (Å²) in [4.78, 5) is 22.0. The smallest absolute Gasteiger partial charge is 0.254 e. The molecule has 1 aromatic carbocycles. The summed E-state index contributed by atoms with van der Waals surface area (Å²) < 4.78 is 11.5. The van der Waals surface area contributed by atoms with Crippen LogP contribution in [0.5, 0.6) is 11.6 Å². The summed E-state index contributed by atoms with van der Waals surface area (Å²) in [6.07, 6.45) is 11.2. The lowest BCUT2D eigenvalue weighted by Crippen LogP contribution is -2.49. The second kappa shape index (κ2) is 11.0. The summed E-state index contributed by atoms with van der Waals surface area (Å²) in [6.45, 7) is 5.67. The number of carbonyl (C=O) groups is 1. The second-order valence-corrected chi connectivity index (χ2v) is 10.7. The molecule has 2 aromatic rings. The fourth-order valence-corrected chi connectivity index (χ4v) is 5.83. The minimum atomic E-state index is 0.0912. The Morgan fingerprint density at radius 2 is 1.94 bits per heavy atom. The highest BCUT2D eigenvalue weighted by atomic mass is 16.5. The summed E-state index contributed by atoms with van der Waals surface area (Å²) in [5.41, 5.74) is 2.28. The van der Waals surface area contributed by atoms with E-state index in [9.17, 15) is 4.79 Å². The molecule has 1 spiro atoms. The number of hydrogen-bond acceptors (Lipinski definition) is 5. The third-order valence-electron chi connectivity index (χ3n) is 8.12. The van der Waals surface area contributed by atoms with Crippen LogP contribution < -0.4 is 9.47 Å². The number of aryl methyl sites for hydroxylation is 1. The van der Waals surface area contributed by atoms with E-state index in [1.165, 1.54) is 44.2 Å². The Morgan fingerprint density at radius 1 is 1.11 bits per heavy atom. The van der Waals surface area contributed by atoms with Crippen molar-refractivity contribution in [3.05, 3.63) is 53.7 Å². The predicted octanol–water partition coefficient (Wildman–Crippen LogP) is 4.83. The van der Waals surface area contributed by atoms with Gasteiger partial charge in [-0.25, -0.2) is 4.98 Å². The van der Waals surface area contributed by atoms with Gasteiger partial charge in [0, 0.05) is 50.6 Å². The highest BCUT2D eigenvalue weighted by Crippen LogP contribution is 2.40.